The number of nitrogens with zero attached hydrogens (tertiary/aromatic N) is 2. The second-order valence-corrected chi connectivity index (χ2v) is 8.31. The summed E-state index contributed by atoms with van der Waals surface area (Å²) in [5.74, 6) is -0.221. The van der Waals surface area contributed by atoms with Gasteiger partial charge in [0, 0.05) is 19.3 Å². The second-order valence-electron chi connectivity index (χ2n) is 8.31. The molecule has 0 radical (unpaired) electrons. The molecule has 0 saturated heterocycles. The van der Waals surface area contributed by atoms with Crippen molar-refractivity contribution >= 4 is 0 Å². The Balaban J connectivity index is 1.54. The van der Waals surface area contributed by atoms with E-state index < -0.39 is 5.54 Å². The fraction of sp³-hybridized carbons (Fsp3) is 0.100. The largest absolute Gasteiger partial charge is 0.319 e. The van der Waals surface area contributed by atoms with E-state index in [1.54, 1.807) is 12.1 Å². The zero-order valence-corrected chi connectivity index (χ0v) is 18.8. The Morgan fingerprint density at radius 3 is 1.65 bits per heavy atom. The monoisotopic (exact) mass is 447 g/mol. The van der Waals surface area contributed by atoms with Gasteiger partial charge in [-0.2, -0.15) is 0 Å². The van der Waals surface area contributed by atoms with Crippen LogP contribution in [0.25, 0.3) is 0 Å². The van der Waals surface area contributed by atoms with Crippen molar-refractivity contribution in [2.75, 3.05) is 0 Å². The average Bonchev–Trinajstić information content (AvgIpc) is 3.37. The van der Waals surface area contributed by atoms with Crippen LogP contribution in [0.15, 0.2) is 128 Å². The first kappa shape index (κ1) is 21.8. The number of hydrogen-bond acceptors (Lipinski definition) is 2. The first-order valence-electron chi connectivity index (χ1n) is 11.4. The van der Waals surface area contributed by atoms with Gasteiger partial charge < -0.3 is 9.88 Å². The lowest BCUT2D eigenvalue weighted by molar-refractivity contribution is 0.513. The Morgan fingerprint density at radius 2 is 1.15 bits per heavy atom. The van der Waals surface area contributed by atoms with Crippen molar-refractivity contribution in [3.63, 3.8) is 0 Å². The average molecular weight is 448 g/mol. The molecular formula is C30H26FN3. The molecule has 0 aliphatic heterocycles. The van der Waals surface area contributed by atoms with Gasteiger partial charge >= 0.3 is 0 Å². The molecule has 4 heteroatoms. The van der Waals surface area contributed by atoms with Crippen LogP contribution in [0, 0.1) is 5.82 Å². The van der Waals surface area contributed by atoms with Crippen LogP contribution in [-0.2, 0) is 18.6 Å². The molecule has 0 aliphatic carbocycles. The molecule has 0 fully saturated rings. The third-order valence-corrected chi connectivity index (χ3v) is 6.15. The summed E-state index contributed by atoms with van der Waals surface area (Å²) in [6.45, 7) is 1.26. The van der Waals surface area contributed by atoms with Crippen LogP contribution in [0.5, 0.6) is 0 Å². The van der Waals surface area contributed by atoms with Gasteiger partial charge in [-0.25, -0.2) is 9.37 Å². The molecule has 0 atom stereocenters. The van der Waals surface area contributed by atoms with E-state index in [2.05, 4.69) is 88.9 Å². The van der Waals surface area contributed by atoms with Gasteiger partial charge in [-0.1, -0.05) is 103 Å². The minimum absolute atomic E-state index is 0.221. The van der Waals surface area contributed by atoms with Crippen LogP contribution in [0.2, 0.25) is 0 Å². The summed E-state index contributed by atoms with van der Waals surface area (Å²) in [7, 11) is 0. The lowest BCUT2D eigenvalue weighted by Gasteiger charge is -2.37. The van der Waals surface area contributed by atoms with Crippen LogP contribution < -0.4 is 5.32 Å². The van der Waals surface area contributed by atoms with Crippen LogP contribution in [0.4, 0.5) is 4.39 Å². The Labute approximate surface area is 199 Å². The molecule has 0 bridgehead atoms. The smallest absolute Gasteiger partial charge is 0.123 e. The Kier molecular flexibility index (Phi) is 6.32. The number of benzene rings is 4. The molecule has 168 valence electrons. The van der Waals surface area contributed by atoms with Gasteiger partial charge in [0.2, 0.25) is 0 Å². The fourth-order valence-electron chi connectivity index (χ4n) is 4.56. The standard InChI is InChI=1S/C30H26FN3/c31-28-18-16-24(17-19-28)20-32-21-29-22-34(23-33-29)30(25-10-4-1-5-11-25,26-12-6-2-7-13-26)27-14-8-3-9-15-27/h1-19,22-23,32H,20-21H2. The summed E-state index contributed by atoms with van der Waals surface area (Å²) < 4.78 is 15.4. The normalized spacial score (nSPS) is 11.4. The van der Waals surface area contributed by atoms with Gasteiger partial charge in [-0.05, 0) is 34.4 Å². The second kappa shape index (κ2) is 9.86. The molecule has 3 nitrogen and oxygen atoms in total. The number of rotatable bonds is 8. The van der Waals surface area contributed by atoms with E-state index in [0.717, 1.165) is 27.9 Å². The maximum absolute atomic E-state index is 13.2. The van der Waals surface area contributed by atoms with Crippen molar-refractivity contribution < 1.29 is 4.39 Å². The number of hydrogen-bond donors (Lipinski definition) is 1. The van der Waals surface area contributed by atoms with E-state index in [9.17, 15) is 4.39 Å². The highest BCUT2D eigenvalue weighted by Gasteiger charge is 2.38. The van der Waals surface area contributed by atoms with Crippen LogP contribution >= 0.6 is 0 Å². The van der Waals surface area contributed by atoms with E-state index in [1.165, 1.54) is 12.1 Å². The van der Waals surface area contributed by atoms with Gasteiger partial charge in [0.15, 0.2) is 0 Å². The Bertz CT molecular complexity index is 1220. The summed E-state index contributed by atoms with van der Waals surface area (Å²) in [5, 5.41) is 3.42. The number of imidazole rings is 1. The maximum Gasteiger partial charge on any atom is 0.123 e. The molecule has 5 rings (SSSR count). The van der Waals surface area contributed by atoms with Crippen LogP contribution in [0.1, 0.15) is 27.9 Å². The SMILES string of the molecule is Fc1ccc(CNCc2cn(C(c3ccccc3)(c3ccccc3)c3ccccc3)cn2)cc1. The third-order valence-electron chi connectivity index (χ3n) is 6.15. The van der Waals surface area contributed by atoms with Crippen LogP contribution in [-0.4, -0.2) is 9.55 Å². The summed E-state index contributed by atoms with van der Waals surface area (Å²) in [4.78, 5) is 4.74. The lowest BCUT2D eigenvalue weighted by atomic mass is 9.77. The molecular weight excluding hydrogens is 421 g/mol. The van der Waals surface area contributed by atoms with Gasteiger partial charge in [0.05, 0.1) is 12.0 Å². The fourth-order valence-corrected chi connectivity index (χ4v) is 4.56. The number of aromatic nitrogens is 2. The lowest BCUT2D eigenvalue weighted by Crippen LogP contribution is -2.37. The molecule has 4 aromatic carbocycles. The molecule has 0 saturated carbocycles. The topological polar surface area (TPSA) is 29.9 Å². The highest BCUT2D eigenvalue weighted by molar-refractivity contribution is 5.50. The Morgan fingerprint density at radius 1 is 0.647 bits per heavy atom. The van der Waals surface area contributed by atoms with Gasteiger partial charge in [-0.15, -0.1) is 0 Å². The summed E-state index contributed by atoms with van der Waals surface area (Å²) in [6.07, 6.45) is 4.03. The first-order valence-corrected chi connectivity index (χ1v) is 11.4. The van der Waals surface area contributed by atoms with Crippen molar-refractivity contribution in [1.29, 1.82) is 0 Å². The molecule has 5 aromatic rings. The number of nitrogens with one attached hydrogen (secondary N) is 1. The molecule has 0 amide bonds. The van der Waals surface area contributed by atoms with E-state index in [-0.39, 0.29) is 5.82 Å². The zero-order valence-electron chi connectivity index (χ0n) is 18.8. The van der Waals surface area contributed by atoms with E-state index in [1.807, 2.05) is 24.5 Å². The highest BCUT2D eigenvalue weighted by atomic mass is 19.1. The quantitative estimate of drug-likeness (QED) is 0.289. The van der Waals surface area contributed by atoms with Gasteiger partial charge in [0.25, 0.3) is 0 Å². The highest BCUT2D eigenvalue weighted by Crippen LogP contribution is 2.40. The van der Waals surface area contributed by atoms with Crippen molar-refractivity contribution in [2.24, 2.45) is 0 Å². The minimum atomic E-state index is -0.564. The van der Waals surface area contributed by atoms with Crippen molar-refractivity contribution in [2.45, 2.75) is 18.6 Å². The summed E-state index contributed by atoms with van der Waals surface area (Å²) >= 11 is 0. The van der Waals surface area contributed by atoms with Crippen molar-refractivity contribution in [3.05, 3.63) is 162 Å². The van der Waals surface area contributed by atoms with Crippen molar-refractivity contribution in [3.8, 4) is 0 Å². The van der Waals surface area contributed by atoms with E-state index in [0.29, 0.717) is 13.1 Å². The van der Waals surface area contributed by atoms with Gasteiger partial charge in [-0.3, -0.25) is 0 Å². The zero-order chi connectivity index (χ0) is 23.2. The maximum atomic E-state index is 13.2. The molecule has 0 spiro atoms. The molecule has 1 heterocycles. The molecule has 1 aromatic heterocycles. The number of halogens is 1. The molecule has 1 N–H and O–H groups in total. The van der Waals surface area contributed by atoms with E-state index >= 15 is 0 Å². The molecule has 0 aliphatic rings. The van der Waals surface area contributed by atoms with E-state index in [4.69, 9.17) is 4.98 Å². The molecule has 0 unspecified atom stereocenters. The summed E-state index contributed by atoms with van der Waals surface area (Å²) in [6, 6.07) is 38.2. The van der Waals surface area contributed by atoms with Crippen LogP contribution in [0.3, 0.4) is 0 Å². The summed E-state index contributed by atoms with van der Waals surface area (Å²) in [5.41, 5.74) is 4.90. The molecule has 34 heavy (non-hydrogen) atoms. The third kappa shape index (κ3) is 4.28. The van der Waals surface area contributed by atoms with Gasteiger partial charge in [0.1, 0.15) is 11.4 Å². The predicted molar refractivity (Wildman–Crippen MR) is 134 cm³/mol. The van der Waals surface area contributed by atoms with Crippen molar-refractivity contribution in [1.82, 2.24) is 14.9 Å². The first-order chi connectivity index (χ1) is 16.8. The minimum Gasteiger partial charge on any atom is -0.319 e. The Hall–Kier alpha value is -4.02. The predicted octanol–water partition coefficient (Wildman–Crippen LogP) is 6.15.